The number of fused-ring (bicyclic) bond motifs is 2. The first kappa shape index (κ1) is 11.2. The Labute approximate surface area is 113 Å². The number of hydrogen-bond donors (Lipinski definition) is 2. The van der Waals surface area contributed by atoms with Gasteiger partial charge in [0.1, 0.15) is 0 Å². The molecule has 98 valence electrons. The number of carbonyl (C=O) groups is 2. The number of carbonyl (C=O) groups excluding carboxylic acids is 2. The molecule has 0 aromatic heterocycles. The molecular formula is C15H9NO4. The lowest BCUT2D eigenvalue weighted by Crippen LogP contribution is -2.35. The largest absolute Gasteiger partial charge is 0.420 e. The van der Waals surface area contributed by atoms with E-state index >= 15 is 0 Å². The topological polar surface area (TPSA) is 89.6 Å². The molecule has 2 aliphatic rings. The molecule has 0 spiro atoms. The van der Waals surface area contributed by atoms with Crippen LogP contribution in [-0.2, 0) is 10.5 Å². The number of rotatable bonds is 0. The van der Waals surface area contributed by atoms with Gasteiger partial charge in [0.15, 0.2) is 5.78 Å². The lowest BCUT2D eigenvalue weighted by Gasteiger charge is -2.30. The predicted octanol–water partition coefficient (Wildman–Crippen LogP) is 1.18. The van der Waals surface area contributed by atoms with Crippen molar-refractivity contribution >= 4 is 17.4 Å². The van der Waals surface area contributed by atoms with Crippen molar-refractivity contribution in [2.45, 2.75) is 5.79 Å². The van der Waals surface area contributed by atoms with Gasteiger partial charge in [0.05, 0.1) is 11.1 Å². The van der Waals surface area contributed by atoms with Crippen LogP contribution < -0.4 is 5.73 Å². The van der Waals surface area contributed by atoms with E-state index in [4.69, 9.17) is 10.5 Å². The third kappa shape index (κ3) is 1.07. The Balaban J connectivity index is 2.18. The normalized spacial score (nSPS) is 22.2. The number of aliphatic hydroxyl groups is 1. The average Bonchev–Trinajstić information content (AvgIpc) is 2.72. The van der Waals surface area contributed by atoms with Crippen LogP contribution in [0.25, 0.3) is 0 Å². The second kappa shape index (κ2) is 3.26. The van der Waals surface area contributed by atoms with E-state index in [1.165, 1.54) is 12.1 Å². The number of nitrogen functional groups attached to an aromatic ring is 1. The Morgan fingerprint density at radius 2 is 1.80 bits per heavy atom. The molecule has 0 bridgehead atoms. The van der Waals surface area contributed by atoms with Crippen molar-refractivity contribution in [1.82, 2.24) is 0 Å². The monoisotopic (exact) mass is 267 g/mol. The Morgan fingerprint density at radius 3 is 2.60 bits per heavy atom. The number of nitrogens with two attached hydrogens (primary N) is 1. The molecule has 0 fully saturated rings. The van der Waals surface area contributed by atoms with Gasteiger partial charge >= 0.3 is 5.97 Å². The fourth-order valence-electron chi connectivity index (χ4n) is 2.93. The van der Waals surface area contributed by atoms with E-state index in [2.05, 4.69) is 0 Å². The van der Waals surface area contributed by atoms with E-state index in [9.17, 15) is 14.7 Å². The van der Waals surface area contributed by atoms with E-state index in [1.807, 2.05) is 0 Å². The van der Waals surface area contributed by atoms with Gasteiger partial charge in [-0.15, -0.1) is 0 Å². The van der Waals surface area contributed by atoms with Crippen LogP contribution in [0.2, 0.25) is 0 Å². The zero-order chi connectivity index (χ0) is 14.1. The van der Waals surface area contributed by atoms with Gasteiger partial charge in [-0.2, -0.15) is 0 Å². The standard InChI is InChI=1S/C15H9NO4/c16-10-6-5-8-12-11(10)14(18)20-15(12,19)9-4-2-1-3-7(9)13(8)17/h1-6,19H,16H2. The summed E-state index contributed by atoms with van der Waals surface area (Å²) >= 11 is 0. The minimum atomic E-state index is -1.93. The molecule has 1 unspecified atom stereocenters. The van der Waals surface area contributed by atoms with Crippen molar-refractivity contribution in [3.63, 3.8) is 0 Å². The Morgan fingerprint density at radius 1 is 1.05 bits per heavy atom. The predicted molar refractivity (Wildman–Crippen MR) is 69.1 cm³/mol. The SMILES string of the molecule is Nc1ccc2c3c1C(=O)OC3(O)c1ccccc1C2=O. The minimum Gasteiger partial charge on any atom is -0.420 e. The first-order valence-electron chi connectivity index (χ1n) is 6.07. The summed E-state index contributed by atoms with van der Waals surface area (Å²) in [6.07, 6.45) is 0. The lowest BCUT2D eigenvalue weighted by atomic mass is 9.79. The van der Waals surface area contributed by atoms with E-state index in [-0.39, 0.29) is 33.7 Å². The maximum atomic E-state index is 12.5. The van der Waals surface area contributed by atoms with Crippen LogP contribution in [0.5, 0.6) is 0 Å². The molecule has 2 aromatic rings. The van der Waals surface area contributed by atoms with Crippen molar-refractivity contribution in [2.24, 2.45) is 0 Å². The number of hydrogen-bond acceptors (Lipinski definition) is 5. The highest BCUT2D eigenvalue weighted by molar-refractivity contribution is 6.16. The summed E-state index contributed by atoms with van der Waals surface area (Å²) in [5.41, 5.74) is 7.05. The summed E-state index contributed by atoms with van der Waals surface area (Å²) in [6, 6.07) is 9.53. The number of ether oxygens (including phenoxy) is 1. The zero-order valence-electron chi connectivity index (χ0n) is 10.2. The molecule has 1 heterocycles. The van der Waals surface area contributed by atoms with Crippen LogP contribution in [0.15, 0.2) is 36.4 Å². The lowest BCUT2D eigenvalue weighted by molar-refractivity contribution is -0.130. The summed E-state index contributed by atoms with van der Waals surface area (Å²) in [5, 5.41) is 10.8. The molecule has 5 heteroatoms. The first-order chi connectivity index (χ1) is 9.54. The molecule has 0 radical (unpaired) electrons. The second-order valence-corrected chi connectivity index (χ2v) is 4.86. The highest BCUT2D eigenvalue weighted by atomic mass is 16.7. The van der Waals surface area contributed by atoms with Crippen molar-refractivity contribution in [3.8, 4) is 0 Å². The highest BCUT2D eigenvalue weighted by Crippen LogP contribution is 2.48. The molecule has 1 aliphatic carbocycles. The maximum Gasteiger partial charge on any atom is 0.343 e. The second-order valence-electron chi connectivity index (χ2n) is 4.86. The van der Waals surface area contributed by atoms with Crippen LogP contribution in [-0.4, -0.2) is 16.9 Å². The number of anilines is 1. The smallest absolute Gasteiger partial charge is 0.343 e. The van der Waals surface area contributed by atoms with Crippen LogP contribution in [0.1, 0.15) is 37.4 Å². The molecule has 2 aromatic carbocycles. The number of esters is 1. The molecular weight excluding hydrogens is 258 g/mol. The molecule has 4 rings (SSSR count). The molecule has 0 saturated carbocycles. The molecule has 0 amide bonds. The van der Waals surface area contributed by atoms with Gasteiger partial charge in [0, 0.05) is 22.4 Å². The van der Waals surface area contributed by atoms with Gasteiger partial charge in [-0.25, -0.2) is 4.79 Å². The quantitative estimate of drug-likeness (QED) is 0.552. The van der Waals surface area contributed by atoms with E-state index < -0.39 is 11.8 Å². The fourth-order valence-corrected chi connectivity index (χ4v) is 2.93. The van der Waals surface area contributed by atoms with Crippen LogP contribution in [0, 0.1) is 0 Å². The average molecular weight is 267 g/mol. The van der Waals surface area contributed by atoms with E-state index in [0.29, 0.717) is 5.56 Å². The molecule has 1 atom stereocenters. The van der Waals surface area contributed by atoms with Crippen LogP contribution in [0.3, 0.4) is 0 Å². The molecule has 0 saturated heterocycles. The van der Waals surface area contributed by atoms with Crippen LogP contribution >= 0.6 is 0 Å². The van der Waals surface area contributed by atoms with E-state index in [0.717, 1.165) is 0 Å². The molecule has 20 heavy (non-hydrogen) atoms. The van der Waals surface area contributed by atoms with Gasteiger partial charge in [-0.05, 0) is 12.1 Å². The summed E-state index contributed by atoms with van der Waals surface area (Å²) in [4.78, 5) is 24.5. The van der Waals surface area contributed by atoms with Crippen molar-refractivity contribution < 1.29 is 19.4 Å². The highest BCUT2D eigenvalue weighted by Gasteiger charge is 2.53. The van der Waals surface area contributed by atoms with Crippen molar-refractivity contribution in [1.29, 1.82) is 0 Å². The van der Waals surface area contributed by atoms with Gasteiger partial charge in [0.25, 0.3) is 5.79 Å². The van der Waals surface area contributed by atoms with Crippen LogP contribution in [0.4, 0.5) is 5.69 Å². The molecule has 5 nitrogen and oxygen atoms in total. The Bertz CT molecular complexity index is 812. The molecule has 3 N–H and O–H groups in total. The maximum absolute atomic E-state index is 12.5. The van der Waals surface area contributed by atoms with Gasteiger partial charge in [0.2, 0.25) is 0 Å². The zero-order valence-corrected chi connectivity index (χ0v) is 10.2. The van der Waals surface area contributed by atoms with Gasteiger partial charge < -0.3 is 15.6 Å². The summed E-state index contributed by atoms with van der Waals surface area (Å²) < 4.78 is 5.14. The number of ketones is 1. The summed E-state index contributed by atoms with van der Waals surface area (Å²) in [7, 11) is 0. The first-order valence-corrected chi connectivity index (χ1v) is 6.07. The minimum absolute atomic E-state index is 0.0767. The third-order valence-corrected chi connectivity index (χ3v) is 3.80. The van der Waals surface area contributed by atoms with Crippen molar-refractivity contribution in [2.75, 3.05) is 5.73 Å². The van der Waals surface area contributed by atoms with Gasteiger partial charge in [-0.3, -0.25) is 4.79 Å². The van der Waals surface area contributed by atoms with Gasteiger partial charge in [-0.1, -0.05) is 24.3 Å². The third-order valence-electron chi connectivity index (χ3n) is 3.80. The Kier molecular flexibility index (Phi) is 1.82. The van der Waals surface area contributed by atoms with Crippen molar-refractivity contribution in [3.05, 3.63) is 64.2 Å². The number of benzene rings is 2. The Hall–Kier alpha value is -2.66. The fraction of sp³-hybridized carbons (Fsp3) is 0.0667. The summed E-state index contributed by atoms with van der Waals surface area (Å²) in [6.45, 7) is 0. The molecule has 1 aliphatic heterocycles. The summed E-state index contributed by atoms with van der Waals surface area (Å²) in [5.74, 6) is -2.90. The van der Waals surface area contributed by atoms with E-state index in [1.54, 1.807) is 24.3 Å².